The van der Waals surface area contributed by atoms with Crippen LogP contribution in [-0.4, -0.2) is 40.9 Å². The van der Waals surface area contributed by atoms with Gasteiger partial charge in [0.25, 0.3) is 5.56 Å². The third-order valence-corrected chi connectivity index (χ3v) is 5.85. The van der Waals surface area contributed by atoms with Crippen molar-refractivity contribution in [2.45, 2.75) is 19.4 Å². The zero-order valence-corrected chi connectivity index (χ0v) is 17.9. The monoisotopic (exact) mass is 429 g/mol. The Labute approximate surface area is 187 Å². The summed E-state index contributed by atoms with van der Waals surface area (Å²) in [6, 6.07) is 23.3. The number of hydrogen-bond donors (Lipinski definition) is 1. The Kier molecular flexibility index (Phi) is 6.80. The van der Waals surface area contributed by atoms with E-state index in [1.54, 1.807) is 23.2 Å². The Morgan fingerprint density at radius 3 is 2.38 bits per heavy atom. The van der Waals surface area contributed by atoms with Crippen LogP contribution >= 0.6 is 0 Å². The summed E-state index contributed by atoms with van der Waals surface area (Å²) < 4.78 is 1.53. The summed E-state index contributed by atoms with van der Waals surface area (Å²) in [5.74, 6) is -0.364. The SMILES string of the molecule is O=C1NCCN(C(=O)CCn2ccccc2=O)CC1Cc1ccc(-c2ccccc2)cc1. The minimum absolute atomic E-state index is 0.0216. The lowest BCUT2D eigenvalue weighted by atomic mass is 9.96. The molecule has 1 aliphatic rings. The Morgan fingerprint density at radius 2 is 1.62 bits per heavy atom. The Balaban J connectivity index is 1.39. The largest absolute Gasteiger partial charge is 0.354 e. The maximum atomic E-state index is 12.8. The molecule has 1 N–H and O–H groups in total. The van der Waals surface area contributed by atoms with Crippen LogP contribution in [0.4, 0.5) is 0 Å². The molecule has 0 bridgehead atoms. The fourth-order valence-corrected chi connectivity index (χ4v) is 4.05. The maximum absolute atomic E-state index is 12.8. The second-order valence-corrected chi connectivity index (χ2v) is 8.08. The van der Waals surface area contributed by atoms with Gasteiger partial charge in [0.1, 0.15) is 0 Å². The van der Waals surface area contributed by atoms with E-state index in [9.17, 15) is 14.4 Å². The van der Waals surface area contributed by atoms with Gasteiger partial charge in [0.2, 0.25) is 11.8 Å². The number of amides is 2. The molecule has 164 valence electrons. The minimum atomic E-state index is -0.302. The molecule has 0 saturated carbocycles. The Hall–Kier alpha value is -3.67. The van der Waals surface area contributed by atoms with Crippen LogP contribution < -0.4 is 10.9 Å². The van der Waals surface area contributed by atoms with E-state index in [4.69, 9.17) is 0 Å². The summed E-state index contributed by atoms with van der Waals surface area (Å²) in [5.41, 5.74) is 3.23. The number of benzene rings is 2. The topological polar surface area (TPSA) is 71.4 Å². The molecule has 4 rings (SSSR count). The summed E-state index contributed by atoms with van der Waals surface area (Å²) >= 11 is 0. The first-order chi connectivity index (χ1) is 15.6. The quantitative estimate of drug-likeness (QED) is 0.655. The number of rotatable bonds is 6. The molecule has 0 aliphatic carbocycles. The first-order valence-corrected chi connectivity index (χ1v) is 11.0. The van der Waals surface area contributed by atoms with Gasteiger partial charge in [-0.15, -0.1) is 0 Å². The Morgan fingerprint density at radius 1 is 0.906 bits per heavy atom. The average molecular weight is 430 g/mol. The van der Waals surface area contributed by atoms with Gasteiger partial charge in [0, 0.05) is 44.9 Å². The summed E-state index contributed by atoms with van der Waals surface area (Å²) in [5, 5.41) is 2.93. The van der Waals surface area contributed by atoms with E-state index in [0.29, 0.717) is 32.6 Å². The van der Waals surface area contributed by atoms with Crippen molar-refractivity contribution in [3.8, 4) is 11.1 Å². The van der Waals surface area contributed by atoms with Crippen LogP contribution in [0.1, 0.15) is 12.0 Å². The zero-order valence-electron chi connectivity index (χ0n) is 17.9. The number of nitrogens with one attached hydrogen (secondary N) is 1. The first kappa shape index (κ1) is 21.6. The van der Waals surface area contributed by atoms with Gasteiger partial charge in [-0.1, -0.05) is 60.7 Å². The van der Waals surface area contributed by atoms with Crippen molar-refractivity contribution in [2.75, 3.05) is 19.6 Å². The van der Waals surface area contributed by atoms with Gasteiger partial charge in [-0.3, -0.25) is 14.4 Å². The lowest BCUT2D eigenvalue weighted by Gasteiger charge is -2.23. The molecular formula is C26H27N3O3. The highest BCUT2D eigenvalue weighted by Crippen LogP contribution is 2.21. The second-order valence-electron chi connectivity index (χ2n) is 8.08. The van der Waals surface area contributed by atoms with Crippen molar-refractivity contribution in [1.29, 1.82) is 0 Å². The van der Waals surface area contributed by atoms with Gasteiger partial charge in [-0.2, -0.15) is 0 Å². The fourth-order valence-electron chi connectivity index (χ4n) is 4.05. The van der Waals surface area contributed by atoms with Crippen molar-refractivity contribution in [2.24, 2.45) is 5.92 Å². The van der Waals surface area contributed by atoms with Gasteiger partial charge in [0.05, 0.1) is 5.92 Å². The molecule has 32 heavy (non-hydrogen) atoms. The molecule has 1 aromatic heterocycles. The van der Waals surface area contributed by atoms with E-state index in [0.717, 1.165) is 16.7 Å². The number of hydrogen-bond acceptors (Lipinski definition) is 3. The smallest absolute Gasteiger partial charge is 0.250 e. The molecule has 6 nitrogen and oxygen atoms in total. The van der Waals surface area contributed by atoms with E-state index < -0.39 is 0 Å². The van der Waals surface area contributed by atoms with Crippen LogP contribution in [0, 0.1) is 5.92 Å². The number of carbonyl (C=O) groups excluding carboxylic acids is 2. The summed E-state index contributed by atoms with van der Waals surface area (Å²) in [6.45, 7) is 1.65. The second kappa shape index (κ2) is 10.1. The zero-order chi connectivity index (χ0) is 22.3. The first-order valence-electron chi connectivity index (χ1n) is 11.0. The molecule has 2 amide bonds. The van der Waals surface area contributed by atoms with Gasteiger partial charge < -0.3 is 14.8 Å². The van der Waals surface area contributed by atoms with Crippen LogP contribution in [0.2, 0.25) is 0 Å². The lowest BCUT2D eigenvalue weighted by molar-refractivity contribution is -0.132. The van der Waals surface area contributed by atoms with E-state index in [1.807, 2.05) is 18.2 Å². The standard InChI is InChI=1S/C26H27N3O3/c30-24-8-4-5-15-28(24)16-13-25(31)29-17-14-27-26(32)23(19-29)18-20-9-11-22(12-10-20)21-6-2-1-3-7-21/h1-12,15,23H,13-14,16-19H2,(H,27,32). The van der Waals surface area contributed by atoms with Gasteiger partial charge in [-0.25, -0.2) is 0 Å². The molecule has 1 unspecified atom stereocenters. The van der Waals surface area contributed by atoms with E-state index >= 15 is 0 Å². The normalized spacial score (nSPS) is 16.3. The molecule has 1 aliphatic heterocycles. The van der Waals surface area contributed by atoms with Crippen molar-refractivity contribution >= 4 is 11.8 Å². The highest BCUT2D eigenvalue weighted by molar-refractivity contribution is 5.82. The Bertz CT molecular complexity index is 1120. The highest BCUT2D eigenvalue weighted by Gasteiger charge is 2.27. The van der Waals surface area contributed by atoms with Crippen molar-refractivity contribution in [3.63, 3.8) is 0 Å². The predicted octanol–water partition coefficient (Wildman–Crippen LogP) is 2.72. The number of pyridine rings is 1. The van der Waals surface area contributed by atoms with Crippen LogP contribution in [0.5, 0.6) is 0 Å². The van der Waals surface area contributed by atoms with Crippen molar-refractivity contribution in [3.05, 3.63) is 94.9 Å². The fraction of sp³-hybridized carbons (Fsp3) is 0.269. The van der Waals surface area contributed by atoms with Crippen LogP contribution in [0.15, 0.2) is 83.8 Å². The van der Waals surface area contributed by atoms with Crippen LogP contribution in [0.3, 0.4) is 0 Å². The van der Waals surface area contributed by atoms with E-state index in [1.165, 1.54) is 10.6 Å². The minimum Gasteiger partial charge on any atom is -0.354 e. The summed E-state index contributed by atoms with van der Waals surface area (Å²) in [6.07, 6.45) is 2.49. The van der Waals surface area contributed by atoms with Crippen molar-refractivity contribution in [1.82, 2.24) is 14.8 Å². The molecular weight excluding hydrogens is 402 g/mol. The maximum Gasteiger partial charge on any atom is 0.250 e. The molecule has 3 aromatic rings. The molecule has 1 fully saturated rings. The lowest BCUT2D eigenvalue weighted by Crippen LogP contribution is -2.38. The molecule has 2 heterocycles. The predicted molar refractivity (Wildman–Crippen MR) is 124 cm³/mol. The molecule has 0 spiro atoms. The molecule has 1 atom stereocenters. The molecule has 1 saturated heterocycles. The van der Waals surface area contributed by atoms with Crippen LogP contribution in [0.25, 0.3) is 11.1 Å². The highest BCUT2D eigenvalue weighted by atomic mass is 16.2. The number of aryl methyl sites for hydroxylation is 1. The van der Waals surface area contributed by atoms with E-state index in [-0.39, 0.29) is 29.7 Å². The molecule has 0 radical (unpaired) electrons. The number of aromatic nitrogens is 1. The van der Waals surface area contributed by atoms with Gasteiger partial charge in [-0.05, 0) is 29.2 Å². The summed E-state index contributed by atoms with van der Waals surface area (Å²) in [4.78, 5) is 39.0. The van der Waals surface area contributed by atoms with Crippen LogP contribution in [-0.2, 0) is 22.6 Å². The van der Waals surface area contributed by atoms with Gasteiger partial charge in [0.15, 0.2) is 0 Å². The number of nitrogens with zero attached hydrogens (tertiary/aromatic N) is 2. The number of carbonyl (C=O) groups is 2. The average Bonchev–Trinajstić information content (AvgIpc) is 3.01. The third-order valence-electron chi connectivity index (χ3n) is 5.85. The van der Waals surface area contributed by atoms with Gasteiger partial charge >= 0.3 is 0 Å². The third kappa shape index (κ3) is 5.32. The van der Waals surface area contributed by atoms with Crippen molar-refractivity contribution < 1.29 is 9.59 Å². The molecule has 2 aromatic carbocycles. The summed E-state index contributed by atoms with van der Waals surface area (Å²) in [7, 11) is 0. The molecule has 6 heteroatoms. The van der Waals surface area contributed by atoms with E-state index in [2.05, 4.69) is 41.7 Å².